The van der Waals surface area contributed by atoms with Crippen LogP contribution in [0.2, 0.25) is 0 Å². The summed E-state index contributed by atoms with van der Waals surface area (Å²) in [6.45, 7) is 1.44. The van der Waals surface area contributed by atoms with Gasteiger partial charge in [-0.05, 0) is 24.6 Å². The molecule has 2 aromatic carbocycles. The maximum Gasteiger partial charge on any atom is 0.0746 e. The van der Waals surface area contributed by atoms with Gasteiger partial charge in [0.1, 0.15) is 0 Å². The molecule has 5 heteroatoms. The first-order valence-corrected chi connectivity index (χ1v) is 7.53. The summed E-state index contributed by atoms with van der Waals surface area (Å²) in [6, 6.07) is 12.0. The number of aromatic nitrogens is 1. The Morgan fingerprint density at radius 2 is 1.86 bits per heavy atom. The minimum absolute atomic E-state index is 0.0649. The molecule has 116 valence electrons. The zero-order valence-corrected chi connectivity index (χ0v) is 12.4. The molecule has 0 spiro atoms. The standard InChI is InChI=1S/C17H21N3O2/c18-13-6-7-14(19-8-3-10-21)16-12-4-1-2-5-15(12)20(9-11-22)17(13)16/h1-2,4-7,19,21-22H,3,8-11,18H2. The topological polar surface area (TPSA) is 83.4 Å². The number of fused-ring (bicyclic) bond motifs is 3. The van der Waals surface area contributed by atoms with Crippen molar-refractivity contribution in [3.8, 4) is 0 Å². The average molecular weight is 299 g/mol. The lowest BCUT2D eigenvalue weighted by Gasteiger charge is -2.11. The van der Waals surface area contributed by atoms with Gasteiger partial charge in [-0.25, -0.2) is 0 Å². The number of nitrogens with zero attached hydrogens (tertiary/aromatic N) is 1. The Morgan fingerprint density at radius 1 is 1.05 bits per heavy atom. The molecule has 1 aromatic heterocycles. The summed E-state index contributed by atoms with van der Waals surface area (Å²) in [5.41, 5.74) is 9.92. The zero-order valence-electron chi connectivity index (χ0n) is 12.4. The summed E-state index contributed by atoms with van der Waals surface area (Å²) >= 11 is 0. The predicted octanol–water partition coefficient (Wildman–Crippen LogP) is 2.16. The molecule has 22 heavy (non-hydrogen) atoms. The Bertz CT molecular complexity index is 795. The summed E-state index contributed by atoms with van der Waals surface area (Å²) in [5.74, 6) is 0. The monoisotopic (exact) mass is 299 g/mol. The van der Waals surface area contributed by atoms with Crippen molar-refractivity contribution in [2.24, 2.45) is 0 Å². The lowest BCUT2D eigenvalue weighted by Crippen LogP contribution is -2.06. The van der Waals surface area contributed by atoms with Gasteiger partial charge in [-0.15, -0.1) is 0 Å². The van der Waals surface area contributed by atoms with E-state index in [1.807, 2.05) is 30.3 Å². The Hall–Kier alpha value is -2.24. The lowest BCUT2D eigenvalue weighted by atomic mass is 10.1. The molecule has 0 unspecified atom stereocenters. The molecule has 0 radical (unpaired) electrons. The van der Waals surface area contributed by atoms with Gasteiger partial charge in [0.2, 0.25) is 0 Å². The molecule has 0 saturated heterocycles. The summed E-state index contributed by atoms with van der Waals surface area (Å²) in [4.78, 5) is 0. The van der Waals surface area contributed by atoms with Crippen molar-refractivity contribution in [2.45, 2.75) is 13.0 Å². The van der Waals surface area contributed by atoms with E-state index in [2.05, 4.69) is 16.0 Å². The van der Waals surface area contributed by atoms with Crippen LogP contribution in [0.3, 0.4) is 0 Å². The van der Waals surface area contributed by atoms with Crippen LogP contribution in [0, 0.1) is 0 Å². The van der Waals surface area contributed by atoms with Crippen LogP contribution in [0.15, 0.2) is 36.4 Å². The van der Waals surface area contributed by atoms with Crippen LogP contribution in [0.25, 0.3) is 21.8 Å². The van der Waals surface area contributed by atoms with Crippen molar-refractivity contribution in [1.82, 2.24) is 4.57 Å². The Balaban J connectivity index is 2.26. The van der Waals surface area contributed by atoms with Crippen molar-refractivity contribution >= 4 is 33.2 Å². The fourth-order valence-corrected chi connectivity index (χ4v) is 2.99. The van der Waals surface area contributed by atoms with Crippen LogP contribution < -0.4 is 11.1 Å². The molecule has 5 N–H and O–H groups in total. The largest absolute Gasteiger partial charge is 0.397 e. The third-order valence-corrected chi connectivity index (χ3v) is 3.92. The molecule has 0 aliphatic carbocycles. The minimum atomic E-state index is 0.0649. The van der Waals surface area contributed by atoms with E-state index in [-0.39, 0.29) is 13.2 Å². The molecule has 0 bridgehead atoms. The number of rotatable bonds is 6. The van der Waals surface area contributed by atoms with E-state index >= 15 is 0 Å². The molecule has 0 aliphatic heterocycles. The smallest absolute Gasteiger partial charge is 0.0746 e. The van der Waals surface area contributed by atoms with Crippen LogP contribution in [0.4, 0.5) is 11.4 Å². The van der Waals surface area contributed by atoms with Crippen molar-refractivity contribution in [3.05, 3.63) is 36.4 Å². The van der Waals surface area contributed by atoms with Gasteiger partial charge in [0, 0.05) is 41.7 Å². The maximum atomic E-state index is 9.39. The van der Waals surface area contributed by atoms with Crippen molar-refractivity contribution < 1.29 is 10.2 Å². The van der Waals surface area contributed by atoms with E-state index in [0.29, 0.717) is 25.2 Å². The fraction of sp³-hybridized carbons (Fsp3) is 0.294. The van der Waals surface area contributed by atoms with Crippen LogP contribution >= 0.6 is 0 Å². The number of aliphatic hydroxyl groups is 2. The molecule has 0 saturated carbocycles. The minimum Gasteiger partial charge on any atom is -0.397 e. The molecule has 5 nitrogen and oxygen atoms in total. The van der Waals surface area contributed by atoms with Gasteiger partial charge in [-0.2, -0.15) is 0 Å². The van der Waals surface area contributed by atoms with Crippen molar-refractivity contribution in [2.75, 3.05) is 30.8 Å². The van der Waals surface area contributed by atoms with Gasteiger partial charge in [-0.3, -0.25) is 0 Å². The van der Waals surface area contributed by atoms with E-state index in [1.54, 1.807) is 0 Å². The first kappa shape index (κ1) is 14.7. The van der Waals surface area contributed by atoms with Crippen molar-refractivity contribution in [3.63, 3.8) is 0 Å². The highest BCUT2D eigenvalue weighted by Crippen LogP contribution is 2.37. The number of nitrogens with two attached hydrogens (primary N) is 1. The molecule has 3 rings (SSSR count). The number of anilines is 2. The van der Waals surface area contributed by atoms with Crippen molar-refractivity contribution in [1.29, 1.82) is 0 Å². The van der Waals surface area contributed by atoms with Gasteiger partial charge >= 0.3 is 0 Å². The van der Waals surface area contributed by atoms with E-state index in [4.69, 9.17) is 10.8 Å². The van der Waals surface area contributed by atoms with E-state index in [1.165, 1.54) is 0 Å². The molecular weight excluding hydrogens is 278 g/mol. The second-order valence-corrected chi connectivity index (χ2v) is 5.32. The van der Waals surface area contributed by atoms with Gasteiger partial charge < -0.3 is 25.8 Å². The summed E-state index contributed by atoms with van der Waals surface area (Å²) < 4.78 is 2.07. The fourth-order valence-electron chi connectivity index (χ4n) is 2.99. The Morgan fingerprint density at radius 3 is 2.64 bits per heavy atom. The first-order chi connectivity index (χ1) is 10.8. The molecule has 3 aromatic rings. The van der Waals surface area contributed by atoms with Crippen LogP contribution in [-0.4, -0.2) is 34.5 Å². The number of hydrogen-bond acceptors (Lipinski definition) is 4. The van der Waals surface area contributed by atoms with Crippen LogP contribution in [-0.2, 0) is 6.54 Å². The SMILES string of the molecule is Nc1ccc(NCCCO)c2c3ccccc3n(CCO)c12. The number of hydrogen-bond donors (Lipinski definition) is 4. The highest BCUT2D eigenvalue weighted by Gasteiger charge is 2.15. The maximum absolute atomic E-state index is 9.39. The number of nitrogens with one attached hydrogen (secondary N) is 1. The second-order valence-electron chi connectivity index (χ2n) is 5.32. The van der Waals surface area contributed by atoms with Gasteiger partial charge in [0.25, 0.3) is 0 Å². The summed E-state index contributed by atoms with van der Waals surface area (Å²) in [5, 5.41) is 23.9. The third-order valence-electron chi connectivity index (χ3n) is 3.92. The Kier molecular flexibility index (Phi) is 4.18. The normalized spacial score (nSPS) is 11.4. The highest BCUT2D eigenvalue weighted by molar-refractivity contribution is 6.17. The van der Waals surface area contributed by atoms with E-state index in [0.717, 1.165) is 27.5 Å². The van der Waals surface area contributed by atoms with E-state index < -0.39 is 0 Å². The van der Waals surface area contributed by atoms with E-state index in [9.17, 15) is 5.11 Å². The average Bonchev–Trinajstić information content (AvgIpc) is 2.86. The number of benzene rings is 2. The van der Waals surface area contributed by atoms with Gasteiger partial charge in [-0.1, -0.05) is 18.2 Å². The lowest BCUT2D eigenvalue weighted by molar-refractivity contribution is 0.280. The molecular formula is C17H21N3O2. The summed E-state index contributed by atoms with van der Waals surface area (Å²) in [7, 11) is 0. The number of nitrogen functional groups attached to an aromatic ring is 1. The number of para-hydroxylation sites is 1. The molecule has 0 fully saturated rings. The Labute approximate surface area is 129 Å². The zero-order chi connectivity index (χ0) is 15.5. The quantitative estimate of drug-likeness (QED) is 0.415. The number of aliphatic hydroxyl groups excluding tert-OH is 2. The molecule has 0 amide bonds. The van der Waals surface area contributed by atoms with Crippen LogP contribution in [0.5, 0.6) is 0 Å². The third kappa shape index (κ3) is 2.38. The predicted molar refractivity (Wildman–Crippen MR) is 91.1 cm³/mol. The first-order valence-electron chi connectivity index (χ1n) is 7.53. The molecule has 1 heterocycles. The van der Waals surface area contributed by atoms with Gasteiger partial charge in [0.05, 0.1) is 17.8 Å². The summed E-state index contributed by atoms with van der Waals surface area (Å²) in [6.07, 6.45) is 0.696. The van der Waals surface area contributed by atoms with Crippen LogP contribution in [0.1, 0.15) is 6.42 Å². The second kappa shape index (κ2) is 6.25. The molecule has 0 atom stereocenters. The highest BCUT2D eigenvalue weighted by atomic mass is 16.3. The van der Waals surface area contributed by atoms with Gasteiger partial charge in [0.15, 0.2) is 0 Å². The molecule has 0 aliphatic rings.